The van der Waals surface area contributed by atoms with Crippen molar-refractivity contribution in [2.24, 2.45) is 0 Å². The third kappa shape index (κ3) is 4.67. The van der Waals surface area contributed by atoms with Crippen LogP contribution >= 0.6 is 11.8 Å². The van der Waals surface area contributed by atoms with Crippen molar-refractivity contribution in [2.45, 2.75) is 25.4 Å². The molecule has 2 aromatic heterocycles. The Morgan fingerprint density at radius 3 is 2.71 bits per heavy atom. The molecule has 0 bridgehead atoms. The van der Waals surface area contributed by atoms with Gasteiger partial charge in [0.05, 0.1) is 16.7 Å². The molecular formula is C24H22N4O2S. The number of pyridine rings is 1. The predicted molar refractivity (Wildman–Crippen MR) is 125 cm³/mol. The highest BCUT2D eigenvalue weighted by atomic mass is 32.2. The first-order valence-corrected chi connectivity index (χ1v) is 11.0. The van der Waals surface area contributed by atoms with E-state index in [1.165, 1.54) is 16.3 Å². The van der Waals surface area contributed by atoms with Crippen LogP contribution in [0.4, 0.5) is 5.69 Å². The van der Waals surface area contributed by atoms with Crippen molar-refractivity contribution >= 4 is 34.3 Å². The highest BCUT2D eigenvalue weighted by Gasteiger charge is 2.15. The molecule has 0 spiro atoms. The van der Waals surface area contributed by atoms with E-state index < -0.39 is 0 Å². The minimum Gasteiger partial charge on any atom is -0.325 e. The topological polar surface area (TPSA) is 76.9 Å². The van der Waals surface area contributed by atoms with E-state index in [9.17, 15) is 9.59 Å². The van der Waals surface area contributed by atoms with E-state index in [4.69, 9.17) is 0 Å². The zero-order valence-corrected chi connectivity index (χ0v) is 18.1. The van der Waals surface area contributed by atoms with Crippen LogP contribution in [0.2, 0.25) is 0 Å². The number of anilines is 1. The van der Waals surface area contributed by atoms with Gasteiger partial charge in [0.25, 0.3) is 5.56 Å². The minimum atomic E-state index is -0.208. The summed E-state index contributed by atoms with van der Waals surface area (Å²) in [6.07, 6.45) is 2.61. The number of aryl methyl sites for hydroxylation is 2. The Hall–Kier alpha value is -3.45. The van der Waals surface area contributed by atoms with Crippen LogP contribution in [0.25, 0.3) is 16.7 Å². The maximum absolute atomic E-state index is 13.2. The number of nitrogens with zero attached hydrogens (tertiary/aromatic N) is 3. The fourth-order valence-corrected chi connectivity index (χ4v) is 4.00. The lowest BCUT2D eigenvalue weighted by Crippen LogP contribution is -2.23. The number of nitrogens with one attached hydrogen (secondary N) is 1. The van der Waals surface area contributed by atoms with Gasteiger partial charge in [0, 0.05) is 11.9 Å². The SMILES string of the molecule is CCc1cccc(NC(=O)CSc2nc3ccccc3c(=O)n2-c2ccc(C)cn2)c1. The van der Waals surface area contributed by atoms with Crippen molar-refractivity contribution in [3.05, 3.63) is 88.3 Å². The number of thioether (sulfide) groups is 1. The van der Waals surface area contributed by atoms with Gasteiger partial charge in [-0.25, -0.2) is 14.5 Å². The molecule has 1 N–H and O–H groups in total. The number of amides is 1. The first kappa shape index (κ1) is 20.8. The van der Waals surface area contributed by atoms with Gasteiger partial charge in [-0.05, 0) is 54.8 Å². The molecule has 7 heteroatoms. The van der Waals surface area contributed by atoms with Crippen LogP contribution in [0, 0.1) is 6.92 Å². The summed E-state index contributed by atoms with van der Waals surface area (Å²) in [6.45, 7) is 4.01. The smallest absolute Gasteiger partial charge is 0.267 e. The highest BCUT2D eigenvalue weighted by Crippen LogP contribution is 2.21. The molecule has 0 radical (unpaired) electrons. The molecule has 2 heterocycles. The summed E-state index contributed by atoms with van der Waals surface area (Å²) in [6, 6.07) is 18.6. The van der Waals surface area contributed by atoms with Crippen LogP contribution in [-0.4, -0.2) is 26.2 Å². The number of hydrogen-bond donors (Lipinski definition) is 1. The second-order valence-corrected chi connectivity index (χ2v) is 8.08. The molecule has 0 unspecified atom stereocenters. The van der Waals surface area contributed by atoms with Crippen LogP contribution in [0.5, 0.6) is 0 Å². The van der Waals surface area contributed by atoms with Gasteiger partial charge >= 0.3 is 0 Å². The van der Waals surface area contributed by atoms with Gasteiger partial charge < -0.3 is 5.32 Å². The molecule has 0 saturated carbocycles. The molecule has 2 aromatic carbocycles. The molecule has 0 atom stereocenters. The number of carbonyl (C=O) groups excluding carboxylic acids is 1. The lowest BCUT2D eigenvalue weighted by molar-refractivity contribution is -0.113. The summed E-state index contributed by atoms with van der Waals surface area (Å²) in [4.78, 5) is 34.8. The number of aromatic nitrogens is 3. The number of rotatable bonds is 6. The van der Waals surface area contributed by atoms with Crippen molar-refractivity contribution < 1.29 is 4.79 Å². The molecule has 156 valence electrons. The maximum atomic E-state index is 13.2. The number of benzene rings is 2. The van der Waals surface area contributed by atoms with Gasteiger partial charge in [-0.15, -0.1) is 0 Å². The van der Waals surface area contributed by atoms with Crippen LogP contribution in [0.15, 0.2) is 76.8 Å². The summed E-state index contributed by atoms with van der Waals surface area (Å²) in [7, 11) is 0. The van der Waals surface area contributed by atoms with Crippen LogP contribution < -0.4 is 10.9 Å². The van der Waals surface area contributed by atoms with Gasteiger partial charge in [0.15, 0.2) is 5.16 Å². The summed E-state index contributed by atoms with van der Waals surface area (Å²) in [5, 5.41) is 3.85. The Morgan fingerprint density at radius 2 is 1.94 bits per heavy atom. The van der Waals surface area contributed by atoms with Crippen molar-refractivity contribution in [1.82, 2.24) is 14.5 Å². The first-order valence-electron chi connectivity index (χ1n) is 10.0. The lowest BCUT2D eigenvalue weighted by atomic mass is 10.1. The van der Waals surface area contributed by atoms with E-state index in [0.717, 1.165) is 23.2 Å². The van der Waals surface area contributed by atoms with Gasteiger partial charge in [-0.3, -0.25) is 9.59 Å². The molecule has 0 fully saturated rings. The fraction of sp³-hybridized carbons (Fsp3) is 0.167. The highest BCUT2D eigenvalue weighted by molar-refractivity contribution is 7.99. The molecule has 31 heavy (non-hydrogen) atoms. The van der Waals surface area contributed by atoms with Gasteiger partial charge in [0.1, 0.15) is 5.82 Å². The van der Waals surface area contributed by atoms with Crippen molar-refractivity contribution in [3.8, 4) is 5.82 Å². The third-order valence-electron chi connectivity index (χ3n) is 4.82. The summed E-state index contributed by atoms with van der Waals surface area (Å²) >= 11 is 1.21. The molecule has 0 aliphatic carbocycles. The first-order chi connectivity index (χ1) is 15.0. The quantitative estimate of drug-likeness (QED) is 0.363. The monoisotopic (exact) mass is 430 g/mol. The van der Waals surface area contributed by atoms with Gasteiger partial charge in [0.2, 0.25) is 5.91 Å². The van der Waals surface area contributed by atoms with E-state index >= 15 is 0 Å². The Kier molecular flexibility index (Phi) is 6.13. The van der Waals surface area contributed by atoms with E-state index in [2.05, 4.69) is 22.2 Å². The zero-order chi connectivity index (χ0) is 21.8. The largest absolute Gasteiger partial charge is 0.325 e. The van der Waals surface area contributed by atoms with E-state index in [-0.39, 0.29) is 17.2 Å². The predicted octanol–water partition coefficient (Wildman–Crippen LogP) is 4.38. The Morgan fingerprint density at radius 1 is 1.10 bits per heavy atom. The number of fused-ring (bicyclic) bond motifs is 1. The van der Waals surface area contributed by atoms with Crippen molar-refractivity contribution in [3.63, 3.8) is 0 Å². The Labute approximate surface area is 184 Å². The Balaban J connectivity index is 1.64. The summed E-state index contributed by atoms with van der Waals surface area (Å²) in [5.74, 6) is 0.434. The molecular weight excluding hydrogens is 408 g/mol. The van der Waals surface area contributed by atoms with Crippen molar-refractivity contribution in [1.29, 1.82) is 0 Å². The minimum absolute atomic E-state index is 0.118. The second kappa shape index (κ2) is 9.14. The van der Waals surface area contributed by atoms with E-state index in [1.807, 2.05) is 49.4 Å². The normalized spacial score (nSPS) is 10.9. The fourth-order valence-electron chi connectivity index (χ4n) is 3.20. The summed E-state index contributed by atoms with van der Waals surface area (Å²) in [5.41, 5.74) is 3.29. The maximum Gasteiger partial charge on any atom is 0.267 e. The standard InChI is InChI=1S/C24H22N4O2S/c1-3-17-7-6-8-18(13-17)26-22(29)15-31-24-27-20-10-5-4-9-19(20)23(30)28(24)21-12-11-16(2)14-25-21/h4-14H,3,15H2,1-2H3,(H,26,29). The molecule has 0 saturated heterocycles. The molecule has 0 aliphatic heterocycles. The van der Waals surface area contributed by atoms with Crippen LogP contribution in [0.1, 0.15) is 18.1 Å². The van der Waals surface area contributed by atoms with Gasteiger partial charge in [-0.2, -0.15) is 0 Å². The van der Waals surface area contributed by atoms with Crippen LogP contribution in [0.3, 0.4) is 0 Å². The second-order valence-electron chi connectivity index (χ2n) is 7.14. The number of carbonyl (C=O) groups is 1. The molecule has 4 rings (SSSR count). The third-order valence-corrected chi connectivity index (χ3v) is 5.76. The van der Waals surface area contributed by atoms with Crippen molar-refractivity contribution in [2.75, 3.05) is 11.1 Å². The zero-order valence-electron chi connectivity index (χ0n) is 17.3. The average molecular weight is 431 g/mol. The number of para-hydroxylation sites is 1. The molecule has 0 aliphatic rings. The average Bonchev–Trinajstić information content (AvgIpc) is 2.79. The molecule has 4 aromatic rings. The Bertz CT molecular complexity index is 1300. The van der Waals surface area contributed by atoms with Crippen LogP contribution in [-0.2, 0) is 11.2 Å². The summed E-state index contributed by atoms with van der Waals surface area (Å²) < 4.78 is 1.47. The molecule has 6 nitrogen and oxygen atoms in total. The number of hydrogen-bond acceptors (Lipinski definition) is 5. The van der Waals surface area contributed by atoms with E-state index in [0.29, 0.717) is 21.9 Å². The lowest BCUT2D eigenvalue weighted by Gasteiger charge is -2.13. The molecule has 1 amide bonds. The van der Waals surface area contributed by atoms with Gasteiger partial charge in [-0.1, -0.05) is 49.0 Å². The van der Waals surface area contributed by atoms with E-state index in [1.54, 1.807) is 24.4 Å².